The molecule has 6 nitrogen and oxygen atoms in total. The first kappa shape index (κ1) is 12.8. The molecule has 0 saturated heterocycles. The molecule has 0 saturated carbocycles. The predicted octanol–water partition coefficient (Wildman–Crippen LogP) is 0.347. The molecular weight excluding hydrogens is 257 g/mol. The van der Waals surface area contributed by atoms with Crippen molar-refractivity contribution in [1.82, 2.24) is 5.32 Å². The zero-order chi connectivity index (χ0) is 13.3. The van der Waals surface area contributed by atoms with Gasteiger partial charge in [0, 0.05) is 0 Å². The van der Waals surface area contributed by atoms with E-state index in [1.165, 1.54) is 6.07 Å². The minimum atomic E-state index is -1.30. The Hall–Kier alpha value is -1.67. The van der Waals surface area contributed by atoms with Crippen molar-refractivity contribution < 1.29 is 24.4 Å². The number of rotatable bonds is 2. The summed E-state index contributed by atoms with van der Waals surface area (Å²) in [5.74, 6) is -1.63. The highest BCUT2D eigenvalue weighted by Crippen LogP contribution is 2.30. The molecule has 0 bridgehead atoms. The number of carboxylic acids is 1. The van der Waals surface area contributed by atoms with Crippen molar-refractivity contribution in [2.75, 3.05) is 0 Å². The van der Waals surface area contributed by atoms with Crippen molar-refractivity contribution >= 4 is 31.0 Å². The molecule has 1 atom stereocenters. The summed E-state index contributed by atoms with van der Waals surface area (Å²) in [5, 5.41) is 20.5. The van der Waals surface area contributed by atoms with E-state index in [2.05, 4.69) is 17.9 Å². The molecule has 1 aliphatic heterocycles. The molecule has 1 aromatic rings. The van der Waals surface area contributed by atoms with Gasteiger partial charge in [-0.1, -0.05) is 24.8 Å². The number of carboxylic acid groups (broad SMARTS) is 1. The second-order valence-electron chi connectivity index (χ2n) is 3.87. The van der Waals surface area contributed by atoms with Crippen molar-refractivity contribution in [2.45, 2.75) is 12.4 Å². The topological polar surface area (TPSA) is 95.9 Å². The van der Waals surface area contributed by atoms with Crippen LogP contribution in [0.25, 0.3) is 0 Å². The standard InChI is InChI=1S/C10H10BNO5S/c13-9(14)6-3-1-2-5-4-7(12-10(15)18)11(16)17-8(5)6/h1-3,7,16H,4H2,(H,13,14)(H2,12,15,18). The number of nitrogens with one attached hydrogen (secondary N) is 1. The third kappa shape index (κ3) is 2.44. The fourth-order valence-electron chi connectivity index (χ4n) is 1.87. The quantitative estimate of drug-likeness (QED) is 0.458. The Balaban J connectivity index is 2.33. The number of carbonyl (C=O) groups is 2. The van der Waals surface area contributed by atoms with Crippen LogP contribution in [0.3, 0.4) is 0 Å². The molecule has 94 valence electrons. The van der Waals surface area contributed by atoms with Crippen LogP contribution in [0.2, 0.25) is 0 Å². The Morgan fingerprint density at radius 1 is 1.50 bits per heavy atom. The fraction of sp³-hybridized carbons (Fsp3) is 0.200. The number of benzene rings is 1. The average Bonchev–Trinajstić information content (AvgIpc) is 2.28. The molecule has 8 heteroatoms. The highest BCUT2D eigenvalue weighted by molar-refractivity contribution is 7.96. The van der Waals surface area contributed by atoms with Crippen LogP contribution in [-0.2, 0) is 6.42 Å². The van der Waals surface area contributed by atoms with Crippen LogP contribution in [0.4, 0.5) is 4.79 Å². The van der Waals surface area contributed by atoms with Gasteiger partial charge in [0.25, 0.3) is 5.24 Å². The lowest BCUT2D eigenvalue weighted by atomic mass is 9.72. The van der Waals surface area contributed by atoms with E-state index in [-0.39, 0.29) is 17.7 Å². The molecule has 3 N–H and O–H groups in total. The minimum Gasteiger partial charge on any atom is -0.534 e. The smallest absolute Gasteiger partial charge is 0.534 e. The van der Waals surface area contributed by atoms with Gasteiger partial charge >= 0.3 is 13.1 Å². The lowest BCUT2D eigenvalue weighted by Crippen LogP contribution is -2.52. The van der Waals surface area contributed by atoms with Crippen molar-refractivity contribution in [3.8, 4) is 5.75 Å². The molecule has 1 unspecified atom stereocenters. The molecular formula is C10H10BNO5S. The summed E-state index contributed by atoms with van der Waals surface area (Å²) < 4.78 is 5.16. The second-order valence-corrected chi connectivity index (χ2v) is 4.27. The van der Waals surface area contributed by atoms with Gasteiger partial charge in [-0.25, -0.2) is 4.79 Å². The van der Waals surface area contributed by atoms with E-state index < -0.39 is 24.3 Å². The van der Waals surface area contributed by atoms with Gasteiger partial charge in [-0.05, 0) is 18.1 Å². The summed E-state index contributed by atoms with van der Waals surface area (Å²) in [6.45, 7) is 0. The third-order valence-corrected chi connectivity index (χ3v) is 2.79. The van der Waals surface area contributed by atoms with Crippen LogP contribution in [0, 0.1) is 0 Å². The van der Waals surface area contributed by atoms with Crippen LogP contribution < -0.4 is 9.97 Å². The second kappa shape index (κ2) is 4.91. The van der Waals surface area contributed by atoms with Gasteiger partial charge in [-0.2, -0.15) is 0 Å². The zero-order valence-electron chi connectivity index (χ0n) is 9.16. The number of thiol groups is 1. The average molecular weight is 267 g/mol. The first-order valence-electron chi connectivity index (χ1n) is 5.18. The maximum absolute atomic E-state index is 11.0. The maximum atomic E-state index is 11.0. The van der Waals surface area contributed by atoms with E-state index in [4.69, 9.17) is 9.76 Å². The first-order chi connectivity index (χ1) is 8.49. The summed E-state index contributed by atoms with van der Waals surface area (Å²) in [6, 6.07) is 4.67. The monoisotopic (exact) mass is 267 g/mol. The summed E-state index contributed by atoms with van der Waals surface area (Å²) >= 11 is 3.56. The molecule has 1 aliphatic rings. The molecule has 0 aromatic heterocycles. The van der Waals surface area contributed by atoms with Gasteiger partial charge in [-0.15, -0.1) is 0 Å². The molecule has 1 heterocycles. The van der Waals surface area contributed by atoms with Crippen molar-refractivity contribution in [3.63, 3.8) is 0 Å². The lowest BCUT2D eigenvalue weighted by molar-refractivity contribution is 0.0694. The number of hydrogen-bond donors (Lipinski definition) is 4. The van der Waals surface area contributed by atoms with Crippen molar-refractivity contribution in [3.05, 3.63) is 29.3 Å². The van der Waals surface area contributed by atoms with Crippen molar-refractivity contribution in [2.24, 2.45) is 0 Å². The molecule has 1 aromatic carbocycles. The van der Waals surface area contributed by atoms with Crippen LogP contribution in [0.5, 0.6) is 5.75 Å². The molecule has 0 radical (unpaired) electrons. The van der Waals surface area contributed by atoms with Crippen LogP contribution in [0.15, 0.2) is 18.2 Å². The lowest BCUT2D eigenvalue weighted by Gasteiger charge is -2.28. The van der Waals surface area contributed by atoms with Crippen molar-refractivity contribution in [1.29, 1.82) is 0 Å². The Morgan fingerprint density at radius 3 is 2.83 bits per heavy atom. The van der Waals surface area contributed by atoms with E-state index in [0.29, 0.717) is 5.56 Å². The predicted molar refractivity (Wildman–Crippen MR) is 67.0 cm³/mol. The highest BCUT2D eigenvalue weighted by atomic mass is 32.1. The minimum absolute atomic E-state index is 0.0119. The van der Waals surface area contributed by atoms with Gasteiger partial charge in [0.2, 0.25) is 0 Å². The first-order valence-corrected chi connectivity index (χ1v) is 5.63. The summed E-state index contributed by atoms with van der Waals surface area (Å²) in [7, 11) is -1.30. The summed E-state index contributed by atoms with van der Waals surface area (Å²) in [6.07, 6.45) is 0.282. The highest BCUT2D eigenvalue weighted by Gasteiger charge is 2.37. The molecule has 2 rings (SSSR count). The Morgan fingerprint density at radius 2 is 2.22 bits per heavy atom. The van der Waals surface area contributed by atoms with E-state index in [1.54, 1.807) is 12.1 Å². The normalized spacial score (nSPS) is 17.7. The molecule has 1 amide bonds. The van der Waals surface area contributed by atoms with Gasteiger partial charge < -0.3 is 20.1 Å². The zero-order valence-corrected chi connectivity index (χ0v) is 10.1. The fourth-order valence-corrected chi connectivity index (χ4v) is 2.04. The number of aromatic carboxylic acids is 1. The van der Waals surface area contributed by atoms with Gasteiger partial charge in [0.05, 0.1) is 11.5 Å². The number of amides is 1. The molecule has 18 heavy (non-hydrogen) atoms. The summed E-state index contributed by atoms with van der Waals surface area (Å²) in [5.41, 5.74) is 0.606. The molecule has 0 aliphatic carbocycles. The van der Waals surface area contributed by atoms with E-state index in [1.807, 2.05) is 0 Å². The molecule has 0 spiro atoms. The molecule has 0 fully saturated rings. The van der Waals surface area contributed by atoms with E-state index in [0.717, 1.165) is 0 Å². The summed E-state index contributed by atoms with van der Waals surface area (Å²) in [4.78, 5) is 21.8. The number of fused-ring (bicyclic) bond motifs is 1. The number of hydrogen-bond acceptors (Lipinski definition) is 4. The van der Waals surface area contributed by atoms with E-state index in [9.17, 15) is 14.6 Å². The van der Waals surface area contributed by atoms with Gasteiger partial charge in [0.15, 0.2) is 0 Å². The van der Waals surface area contributed by atoms with Crippen LogP contribution >= 0.6 is 12.6 Å². The largest absolute Gasteiger partial charge is 0.547 e. The Labute approximate surface area is 109 Å². The number of carbonyl (C=O) groups excluding carboxylic acids is 1. The van der Waals surface area contributed by atoms with Crippen LogP contribution in [0.1, 0.15) is 15.9 Å². The van der Waals surface area contributed by atoms with E-state index >= 15 is 0 Å². The maximum Gasteiger partial charge on any atom is 0.547 e. The number of para-hydroxylation sites is 1. The van der Waals surface area contributed by atoms with Crippen LogP contribution in [-0.4, -0.2) is 34.4 Å². The van der Waals surface area contributed by atoms with Gasteiger partial charge in [0.1, 0.15) is 5.75 Å². The Bertz CT molecular complexity index is 509. The third-order valence-electron chi connectivity index (χ3n) is 2.66. The van der Waals surface area contributed by atoms with Gasteiger partial charge in [-0.3, -0.25) is 4.79 Å². The SMILES string of the molecule is O=C(S)NC1Cc2cccc(C(=O)O)c2OB1O. The Kier molecular flexibility index (Phi) is 3.49.